The van der Waals surface area contributed by atoms with Crippen LogP contribution in [0.15, 0.2) is 24.3 Å². The van der Waals surface area contributed by atoms with Gasteiger partial charge in [-0.3, -0.25) is 4.79 Å². The molecule has 1 heterocycles. The summed E-state index contributed by atoms with van der Waals surface area (Å²) in [7, 11) is 0. The number of hydrogen-bond acceptors (Lipinski definition) is 2. The number of benzene rings is 1. The van der Waals surface area contributed by atoms with Crippen molar-refractivity contribution < 1.29 is 4.79 Å². The van der Waals surface area contributed by atoms with E-state index in [0.717, 1.165) is 12.1 Å². The van der Waals surface area contributed by atoms with E-state index in [1.54, 1.807) is 6.92 Å². The summed E-state index contributed by atoms with van der Waals surface area (Å²) in [5, 5.41) is 0. The zero-order valence-electron chi connectivity index (χ0n) is 9.51. The molecule has 1 unspecified atom stereocenters. The molecule has 88 valence electrons. The number of halogens is 1. The number of fused-ring (bicyclic) bond motifs is 1. The number of para-hydroxylation sites is 1. The molecule has 2 N–H and O–H groups in total. The molecule has 3 nitrogen and oxygen atoms in total. The zero-order valence-corrected chi connectivity index (χ0v) is 10.3. The largest absolute Gasteiger partial charge is 0.320 e. The van der Waals surface area contributed by atoms with Crippen molar-refractivity contribution in [2.75, 3.05) is 4.90 Å². The highest BCUT2D eigenvalue weighted by atomic mass is 35.5. The lowest BCUT2D eigenvalue weighted by molar-refractivity contribution is -0.119. The Balaban J connectivity index is 0.00000128. The third kappa shape index (κ3) is 2.06. The first-order valence-corrected chi connectivity index (χ1v) is 5.28. The van der Waals surface area contributed by atoms with Crippen LogP contribution in [-0.4, -0.2) is 18.0 Å². The topological polar surface area (TPSA) is 46.3 Å². The van der Waals surface area contributed by atoms with Crippen LogP contribution in [0.1, 0.15) is 19.4 Å². The lowest BCUT2D eigenvalue weighted by atomic mass is 10.1. The molecule has 0 aliphatic carbocycles. The van der Waals surface area contributed by atoms with Gasteiger partial charge in [0.1, 0.15) is 0 Å². The lowest BCUT2D eigenvalue weighted by Gasteiger charge is -2.24. The van der Waals surface area contributed by atoms with Gasteiger partial charge < -0.3 is 10.6 Å². The van der Waals surface area contributed by atoms with E-state index in [2.05, 4.69) is 13.0 Å². The standard InChI is InChI=1S/C12H16N2O.ClH/c1-8-7-10-5-3-4-6-11(10)14(8)12(15)9(2)13;/h3-6,8-9H,7,13H2,1-2H3;1H/t8?,9-;/m1./s1. The molecule has 1 aliphatic rings. The lowest BCUT2D eigenvalue weighted by Crippen LogP contribution is -2.45. The van der Waals surface area contributed by atoms with Crippen molar-refractivity contribution in [1.82, 2.24) is 0 Å². The van der Waals surface area contributed by atoms with E-state index in [9.17, 15) is 4.79 Å². The van der Waals surface area contributed by atoms with E-state index in [1.165, 1.54) is 5.56 Å². The van der Waals surface area contributed by atoms with Crippen molar-refractivity contribution in [3.05, 3.63) is 29.8 Å². The minimum absolute atomic E-state index is 0. The Morgan fingerprint density at radius 1 is 1.50 bits per heavy atom. The highest BCUT2D eigenvalue weighted by molar-refractivity contribution is 5.99. The fourth-order valence-electron chi connectivity index (χ4n) is 2.12. The first-order chi connectivity index (χ1) is 7.11. The summed E-state index contributed by atoms with van der Waals surface area (Å²) < 4.78 is 0. The first-order valence-electron chi connectivity index (χ1n) is 5.28. The molecule has 16 heavy (non-hydrogen) atoms. The SMILES string of the molecule is CC1Cc2ccccc2N1C(=O)[C@@H](C)N.Cl. The van der Waals surface area contributed by atoms with E-state index < -0.39 is 6.04 Å². The van der Waals surface area contributed by atoms with E-state index in [-0.39, 0.29) is 24.4 Å². The molecule has 0 aromatic heterocycles. The average molecular weight is 241 g/mol. The molecule has 1 aliphatic heterocycles. The maximum absolute atomic E-state index is 11.9. The second kappa shape index (κ2) is 4.85. The van der Waals surface area contributed by atoms with Crippen molar-refractivity contribution in [1.29, 1.82) is 0 Å². The fraction of sp³-hybridized carbons (Fsp3) is 0.417. The molecule has 0 bridgehead atoms. The van der Waals surface area contributed by atoms with Gasteiger partial charge in [-0.05, 0) is 31.9 Å². The molecule has 0 spiro atoms. The summed E-state index contributed by atoms with van der Waals surface area (Å²) in [6, 6.07) is 7.81. The van der Waals surface area contributed by atoms with Crippen molar-refractivity contribution in [2.24, 2.45) is 5.73 Å². The first kappa shape index (κ1) is 13.0. The number of carbonyl (C=O) groups excluding carboxylic acids is 1. The molecule has 0 saturated heterocycles. The predicted octanol–water partition coefficient (Wildman–Crippen LogP) is 1.73. The third-order valence-electron chi connectivity index (χ3n) is 2.83. The summed E-state index contributed by atoms with van der Waals surface area (Å²) in [5.74, 6) is 0.00690. The number of nitrogens with two attached hydrogens (primary N) is 1. The van der Waals surface area contributed by atoms with Gasteiger partial charge in [0.15, 0.2) is 0 Å². The minimum Gasteiger partial charge on any atom is -0.320 e. The van der Waals surface area contributed by atoms with Crippen LogP contribution in [0.4, 0.5) is 5.69 Å². The number of rotatable bonds is 1. The highest BCUT2D eigenvalue weighted by Gasteiger charge is 2.31. The summed E-state index contributed by atoms with van der Waals surface area (Å²) >= 11 is 0. The minimum atomic E-state index is -0.432. The van der Waals surface area contributed by atoms with Crippen LogP contribution in [0.5, 0.6) is 0 Å². The van der Waals surface area contributed by atoms with Crippen LogP contribution in [0.3, 0.4) is 0 Å². The third-order valence-corrected chi connectivity index (χ3v) is 2.83. The summed E-state index contributed by atoms with van der Waals surface area (Å²) in [6.45, 7) is 3.79. The van der Waals surface area contributed by atoms with Crippen LogP contribution < -0.4 is 10.6 Å². The summed E-state index contributed by atoms with van der Waals surface area (Å²) in [5.41, 5.74) is 7.90. The van der Waals surface area contributed by atoms with Crippen molar-refractivity contribution in [3.8, 4) is 0 Å². The zero-order chi connectivity index (χ0) is 11.0. The molecular formula is C12H17ClN2O. The van der Waals surface area contributed by atoms with Gasteiger partial charge in [0.2, 0.25) is 5.91 Å². The van der Waals surface area contributed by atoms with E-state index in [0.29, 0.717) is 0 Å². The number of nitrogens with zero attached hydrogens (tertiary/aromatic N) is 1. The van der Waals surface area contributed by atoms with Crippen LogP contribution in [0, 0.1) is 0 Å². The molecule has 2 rings (SSSR count). The van der Waals surface area contributed by atoms with Crippen LogP contribution >= 0.6 is 12.4 Å². The Morgan fingerprint density at radius 2 is 2.12 bits per heavy atom. The number of amides is 1. The van der Waals surface area contributed by atoms with Gasteiger partial charge in [0, 0.05) is 11.7 Å². The number of anilines is 1. The van der Waals surface area contributed by atoms with Crippen molar-refractivity contribution >= 4 is 24.0 Å². The molecule has 0 radical (unpaired) electrons. The van der Waals surface area contributed by atoms with Gasteiger partial charge in [-0.2, -0.15) is 0 Å². The summed E-state index contributed by atoms with van der Waals surface area (Å²) in [6.07, 6.45) is 0.925. The fourth-order valence-corrected chi connectivity index (χ4v) is 2.12. The Hall–Kier alpha value is -1.06. The monoisotopic (exact) mass is 240 g/mol. The Bertz CT molecular complexity index is 392. The number of hydrogen-bond donors (Lipinski definition) is 1. The van der Waals surface area contributed by atoms with Crippen molar-refractivity contribution in [2.45, 2.75) is 32.4 Å². The van der Waals surface area contributed by atoms with E-state index >= 15 is 0 Å². The predicted molar refractivity (Wildman–Crippen MR) is 68.0 cm³/mol. The van der Waals surface area contributed by atoms with Crippen LogP contribution in [-0.2, 0) is 11.2 Å². The van der Waals surface area contributed by atoms with Gasteiger partial charge in [-0.25, -0.2) is 0 Å². The van der Waals surface area contributed by atoms with E-state index in [4.69, 9.17) is 5.73 Å². The molecule has 1 amide bonds. The van der Waals surface area contributed by atoms with Gasteiger partial charge in [0.05, 0.1) is 6.04 Å². The van der Waals surface area contributed by atoms with Crippen molar-refractivity contribution in [3.63, 3.8) is 0 Å². The average Bonchev–Trinajstić information content (AvgIpc) is 2.52. The Labute approximate surface area is 102 Å². The van der Waals surface area contributed by atoms with Crippen LogP contribution in [0.2, 0.25) is 0 Å². The second-order valence-electron chi connectivity index (χ2n) is 4.18. The van der Waals surface area contributed by atoms with Gasteiger partial charge in [-0.1, -0.05) is 18.2 Å². The van der Waals surface area contributed by atoms with Gasteiger partial charge in [0.25, 0.3) is 0 Å². The molecule has 2 atom stereocenters. The van der Waals surface area contributed by atoms with Crippen LogP contribution in [0.25, 0.3) is 0 Å². The molecule has 1 aromatic rings. The van der Waals surface area contributed by atoms with E-state index in [1.807, 2.05) is 23.1 Å². The molecule has 4 heteroatoms. The molecule has 0 fully saturated rings. The molecule has 0 saturated carbocycles. The Kier molecular flexibility index (Phi) is 3.94. The molecule has 1 aromatic carbocycles. The molecular weight excluding hydrogens is 224 g/mol. The van der Waals surface area contributed by atoms with Gasteiger partial charge >= 0.3 is 0 Å². The maximum Gasteiger partial charge on any atom is 0.243 e. The quantitative estimate of drug-likeness (QED) is 0.813. The normalized spacial score (nSPS) is 19.9. The Morgan fingerprint density at radius 3 is 2.75 bits per heavy atom. The second-order valence-corrected chi connectivity index (χ2v) is 4.18. The maximum atomic E-state index is 11.9. The highest BCUT2D eigenvalue weighted by Crippen LogP contribution is 2.31. The number of carbonyl (C=O) groups is 1. The van der Waals surface area contributed by atoms with Gasteiger partial charge in [-0.15, -0.1) is 12.4 Å². The summed E-state index contributed by atoms with van der Waals surface area (Å²) in [4.78, 5) is 13.7. The smallest absolute Gasteiger partial charge is 0.243 e.